The maximum Gasteiger partial charge on any atom is 0.485 e. The van der Waals surface area contributed by atoms with Crippen LogP contribution < -0.4 is 15.9 Å². The van der Waals surface area contributed by atoms with Crippen LogP contribution in [0.2, 0.25) is 0 Å². The molecule has 0 amide bonds. The Hall–Kier alpha value is -1.46. The predicted octanol–water partition coefficient (Wildman–Crippen LogP) is -2.73. The molecule has 3 rings (SSSR count). The molecule has 3 heterocycles. The number of nitrogens with two attached hydrogens (primary N) is 1. The molecule has 0 aromatic carbocycles. The van der Waals surface area contributed by atoms with E-state index in [1.807, 2.05) is 0 Å². The van der Waals surface area contributed by atoms with Crippen LogP contribution in [0.4, 0.5) is 5.95 Å². The fourth-order valence-corrected chi connectivity index (χ4v) is 6.20. The summed E-state index contributed by atoms with van der Waals surface area (Å²) in [6, 6.07) is 0. The quantitative estimate of drug-likeness (QED) is 0.103. The van der Waals surface area contributed by atoms with Crippen molar-refractivity contribution >= 4 is 47.8 Å². The average molecular weight is 532 g/mol. The summed E-state index contributed by atoms with van der Waals surface area (Å²) in [5.74, 6) is -0.229. The lowest BCUT2D eigenvalue weighted by Gasteiger charge is -2.29. The number of rotatable bonds is 8. The number of aryl methyl sites for hydroxylation is 1. The Morgan fingerprint density at radius 1 is 1.27 bits per heavy atom. The molecule has 18 nitrogen and oxygen atoms in total. The van der Waals surface area contributed by atoms with Crippen LogP contribution in [-0.4, -0.2) is 71.9 Å². The molecule has 183 valence electrons. The number of hydrogen-bond donors (Lipinski definition) is 7. The van der Waals surface area contributed by atoms with Crippen LogP contribution in [-0.2, 0) is 38.6 Å². The molecule has 2 aromatic heterocycles. The van der Waals surface area contributed by atoms with Crippen molar-refractivity contribution in [2.45, 2.75) is 24.5 Å². The van der Waals surface area contributed by atoms with Crippen molar-refractivity contribution < 1.29 is 61.0 Å². The minimum absolute atomic E-state index is 0.000188. The fraction of sp³-hybridized carbons (Fsp3) is 0.545. The lowest BCUT2D eigenvalue weighted by Crippen LogP contribution is -2.46. The third kappa shape index (κ3) is 5.97. The molecule has 1 aliphatic rings. The summed E-state index contributed by atoms with van der Waals surface area (Å²) in [5, 5.41) is 20.7. The SMILES string of the molecule is [B-][P@](=O)(OC[C@H]1O[C@@H]([n+]2cn(C)c3c(=O)[nH]c(N)nc32)[C@H](O)[C@@H]1O)OP(=O)(O)OP(=O)(O)O. The fourth-order valence-electron chi connectivity index (χ4n) is 3.05. The van der Waals surface area contributed by atoms with Crippen LogP contribution in [0.25, 0.3) is 11.2 Å². The number of nitrogens with zero attached hydrogens (tertiary/aromatic N) is 3. The molecule has 1 unspecified atom stereocenters. The Kier molecular flexibility index (Phi) is 7.10. The largest absolute Gasteiger partial charge is 0.485 e. The van der Waals surface area contributed by atoms with Gasteiger partial charge in [0.2, 0.25) is 11.7 Å². The van der Waals surface area contributed by atoms with E-state index in [2.05, 4.69) is 23.1 Å². The molecule has 1 fully saturated rings. The molecule has 1 saturated heterocycles. The highest BCUT2D eigenvalue weighted by atomic mass is 31.3. The van der Waals surface area contributed by atoms with Crippen molar-refractivity contribution in [3.8, 4) is 0 Å². The van der Waals surface area contributed by atoms with E-state index >= 15 is 0 Å². The number of aliphatic hydroxyl groups is 2. The molecular formula is C11H18BN5O13P3. The number of aromatic amines is 1. The Bertz CT molecular complexity index is 1260. The number of phosphoric acid groups is 2. The van der Waals surface area contributed by atoms with Gasteiger partial charge in [-0.1, -0.05) is 4.98 Å². The van der Waals surface area contributed by atoms with Crippen molar-refractivity contribution in [1.82, 2.24) is 14.5 Å². The number of imidazole rings is 1. The summed E-state index contributed by atoms with van der Waals surface area (Å²) in [6.45, 7) is -0.875. The van der Waals surface area contributed by atoms with Crippen molar-refractivity contribution in [1.29, 1.82) is 0 Å². The molecule has 33 heavy (non-hydrogen) atoms. The van der Waals surface area contributed by atoms with E-state index in [9.17, 15) is 33.6 Å². The molecule has 6 atom stereocenters. The van der Waals surface area contributed by atoms with E-state index in [1.54, 1.807) is 0 Å². The van der Waals surface area contributed by atoms with Crippen LogP contribution in [0.3, 0.4) is 0 Å². The number of aliphatic hydroxyl groups excluding tert-OH is 2. The minimum atomic E-state index is -5.61. The van der Waals surface area contributed by atoms with Gasteiger partial charge in [-0.15, -0.1) is 0 Å². The van der Waals surface area contributed by atoms with Crippen LogP contribution in [0.15, 0.2) is 11.1 Å². The van der Waals surface area contributed by atoms with Gasteiger partial charge >= 0.3 is 21.3 Å². The predicted molar refractivity (Wildman–Crippen MR) is 105 cm³/mol. The zero-order valence-corrected chi connectivity index (χ0v) is 19.1. The van der Waals surface area contributed by atoms with Crippen molar-refractivity contribution in [2.75, 3.05) is 12.3 Å². The zero-order chi connectivity index (χ0) is 24.9. The standard InChI is InChI=1S/C11H17BN5O13P3/c1-16-3-17(8-5(16)9(20)15-11(13)14-8)10-7(19)6(18)4(28-10)2-27-31(12,21)29-33(25,26)30-32(22,23)24/h3-4,6-7,10,18-19H,2H2,1H3,(H5-,13,14,15,20,22,23,24,25,26)/q-1/p+1/t4-,6-,7-,10-,31+/m1/s1. The van der Waals surface area contributed by atoms with Crippen molar-refractivity contribution in [3.63, 3.8) is 0 Å². The molecule has 2 aromatic rings. The summed E-state index contributed by atoms with van der Waals surface area (Å²) in [5.41, 5.74) is 5.04. The second kappa shape index (κ2) is 8.96. The summed E-state index contributed by atoms with van der Waals surface area (Å²) >= 11 is 0. The molecule has 8 N–H and O–H groups in total. The molecule has 0 aliphatic carbocycles. The summed E-state index contributed by atoms with van der Waals surface area (Å²) in [4.78, 5) is 44.7. The van der Waals surface area contributed by atoms with Crippen LogP contribution in [0.5, 0.6) is 0 Å². The van der Waals surface area contributed by atoms with Crippen molar-refractivity contribution in [2.24, 2.45) is 7.05 Å². The number of fused-ring (bicyclic) bond motifs is 1. The Morgan fingerprint density at radius 3 is 2.52 bits per heavy atom. The van der Waals surface area contributed by atoms with Gasteiger partial charge in [-0.05, 0) is 0 Å². The second-order valence-electron chi connectivity index (χ2n) is 6.76. The van der Waals surface area contributed by atoms with Gasteiger partial charge in [-0.2, -0.15) is 4.31 Å². The number of aromatic nitrogens is 4. The third-order valence-corrected chi connectivity index (χ3v) is 8.17. The van der Waals surface area contributed by atoms with Crippen molar-refractivity contribution in [3.05, 3.63) is 16.7 Å². The van der Waals surface area contributed by atoms with Crippen LogP contribution in [0, 0.1) is 0 Å². The monoisotopic (exact) mass is 532 g/mol. The number of H-pyrrole nitrogens is 1. The van der Waals surface area contributed by atoms with Gasteiger partial charge < -0.3 is 52.0 Å². The molecular weight excluding hydrogens is 514 g/mol. The Balaban J connectivity index is 1.76. The summed E-state index contributed by atoms with van der Waals surface area (Å²) in [7, 11) is -9.48. The highest BCUT2D eigenvalue weighted by Crippen LogP contribution is 2.66. The van der Waals surface area contributed by atoms with Gasteiger partial charge in [0.15, 0.2) is 6.33 Å². The van der Waals surface area contributed by atoms with Gasteiger partial charge in [0.05, 0.1) is 21.1 Å². The zero-order valence-electron chi connectivity index (χ0n) is 16.4. The highest BCUT2D eigenvalue weighted by Gasteiger charge is 2.47. The van der Waals surface area contributed by atoms with Gasteiger partial charge in [0.25, 0.3) is 11.5 Å². The maximum atomic E-state index is 12.1. The van der Waals surface area contributed by atoms with E-state index in [0.717, 1.165) is 0 Å². The smallest absolute Gasteiger partial charge is 0.443 e. The van der Waals surface area contributed by atoms with Gasteiger partial charge in [-0.25, -0.2) is 18.0 Å². The van der Waals surface area contributed by atoms with E-state index in [4.69, 9.17) is 27.8 Å². The lowest BCUT2D eigenvalue weighted by molar-refractivity contribution is -0.745. The first-order chi connectivity index (χ1) is 15.0. The minimum Gasteiger partial charge on any atom is -0.443 e. The molecule has 0 bridgehead atoms. The second-order valence-corrected chi connectivity index (χ2v) is 11.3. The molecule has 3 radical (unpaired) electrons. The summed E-state index contributed by atoms with van der Waals surface area (Å²) in [6.07, 6.45) is -4.76. The van der Waals surface area contributed by atoms with E-state index < -0.39 is 59.8 Å². The first kappa shape index (κ1) is 26.2. The first-order valence-electron chi connectivity index (χ1n) is 8.61. The van der Waals surface area contributed by atoms with E-state index in [-0.39, 0.29) is 17.1 Å². The number of anilines is 1. The number of ether oxygens (including phenoxy) is 1. The van der Waals surface area contributed by atoms with Gasteiger partial charge in [0.1, 0.15) is 18.3 Å². The van der Waals surface area contributed by atoms with Crippen LogP contribution >= 0.6 is 23.1 Å². The van der Waals surface area contributed by atoms with Gasteiger partial charge in [0, 0.05) is 0 Å². The molecule has 1 aliphatic heterocycles. The maximum absolute atomic E-state index is 12.1. The van der Waals surface area contributed by atoms with E-state index in [0.29, 0.717) is 0 Å². The topological polar surface area (TPSA) is 270 Å². The van der Waals surface area contributed by atoms with Crippen LogP contribution in [0.1, 0.15) is 6.23 Å². The Morgan fingerprint density at radius 2 is 1.91 bits per heavy atom. The van der Waals surface area contributed by atoms with E-state index in [1.165, 1.54) is 22.5 Å². The normalized spacial score (nSPS) is 27.5. The molecule has 0 spiro atoms. The third-order valence-electron chi connectivity index (χ3n) is 4.25. The Labute approximate surface area is 184 Å². The number of nitrogen functional groups attached to an aromatic ring is 1. The molecule has 0 saturated carbocycles. The van der Waals surface area contributed by atoms with Gasteiger partial charge in [-0.3, -0.25) is 14.3 Å². The lowest BCUT2D eigenvalue weighted by atomic mass is 10.1. The molecule has 22 heteroatoms. The number of hydrogen-bond acceptors (Lipinski definition) is 12. The highest BCUT2D eigenvalue weighted by molar-refractivity contribution is 7.84. The summed E-state index contributed by atoms with van der Waals surface area (Å²) < 4.78 is 54.3. The number of nitrogens with one attached hydrogen (secondary N) is 1. The average Bonchev–Trinajstić information content (AvgIpc) is 3.07. The first-order valence-corrected chi connectivity index (χ1v) is 13.3.